The Morgan fingerprint density at radius 3 is 2.56 bits per heavy atom. The van der Waals surface area contributed by atoms with Crippen LogP contribution in [0.2, 0.25) is 0 Å². The van der Waals surface area contributed by atoms with Gasteiger partial charge in [0.25, 0.3) is 0 Å². The molecule has 3 rings (SSSR count). The molecular formula is C18H18FN5O. The Bertz CT molecular complexity index is 970. The number of halogens is 1. The van der Waals surface area contributed by atoms with E-state index in [-0.39, 0.29) is 23.6 Å². The molecule has 128 valence electrons. The lowest BCUT2D eigenvalue weighted by atomic mass is 10.3. The zero-order valence-electron chi connectivity index (χ0n) is 14.2. The number of aryl methyl sites for hydroxylation is 1. The van der Waals surface area contributed by atoms with E-state index in [0.29, 0.717) is 17.0 Å². The Kier molecular flexibility index (Phi) is 4.56. The highest BCUT2D eigenvalue weighted by molar-refractivity contribution is 5.92. The monoisotopic (exact) mass is 339 g/mol. The Balaban J connectivity index is 2.03. The van der Waals surface area contributed by atoms with Crippen molar-refractivity contribution in [2.75, 3.05) is 0 Å². The summed E-state index contributed by atoms with van der Waals surface area (Å²) in [5.41, 5.74) is 1.17. The van der Waals surface area contributed by atoms with Crippen LogP contribution >= 0.6 is 0 Å². The topological polar surface area (TPSA) is 65.1 Å². The van der Waals surface area contributed by atoms with Gasteiger partial charge in [-0.15, -0.1) is 5.10 Å². The van der Waals surface area contributed by atoms with Crippen molar-refractivity contribution in [1.29, 1.82) is 0 Å². The average Bonchev–Trinajstić information content (AvgIpc) is 2.97. The first-order valence-electron chi connectivity index (χ1n) is 7.91. The van der Waals surface area contributed by atoms with Crippen LogP contribution in [-0.2, 0) is 0 Å². The molecule has 0 unspecified atom stereocenters. The van der Waals surface area contributed by atoms with Crippen LogP contribution in [0.4, 0.5) is 4.39 Å². The zero-order valence-corrected chi connectivity index (χ0v) is 14.2. The van der Waals surface area contributed by atoms with E-state index in [9.17, 15) is 9.18 Å². The minimum Gasteiger partial charge on any atom is -0.265 e. The second-order valence-corrected chi connectivity index (χ2v) is 5.83. The highest BCUT2D eigenvalue weighted by Gasteiger charge is 2.17. The molecule has 6 nitrogen and oxygen atoms in total. The number of hydrogen-bond donors (Lipinski definition) is 0. The average molecular weight is 339 g/mol. The first-order chi connectivity index (χ1) is 12.0. The van der Waals surface area contributed by atoms with Crippen molar-refractivity contribution in [3.8, 4) is 5.69 Å². The van der Waals surface area contributed by atoms with Gasteiger partial charge in [-0.2, -0.15) is 0 Å². The SMILES string of the molecule is Cc1nc(C(=O)n2ccccc2=NC(C)C)nn1-c1ccc(F)cc1. The van der Waals surface area contributed by atoms with Crippen molar-refractivity contribution in [2.24, 2.45) is 4.99 Å². The smallest absolute Gasteiger partial charge is 0.265 e. The quantitative estimate of drug-likeness (QED) is 0.736. The number of hydrogen-bond acceptors (Lipinski definition) is 4. The van der Waals surface area contributed by atoms with Gasteiger partial charge >= 0.3 is 5.91 Å². The van der Waals surface area contributed by atoms with E-state index in [1.165, 1.54) is 21.4 Å². The van der Waals surface area contributed by atoms with E-state index in [0.717, 1.165) is 0 Å². The number of rotatable bonds is 3. The normalized spacial score (nSPS) is 12.0. The molecule has 0 N–H and O–H groups in total. The summed E-state index contributed by atoms with van der Waals surface area (Å²) < 4.78 is 16.0. The molecule has 7 heteroatoms. The highest BCUT2D eigenvalue weighted by Crippen LogP contribution is 2.11. The van der Waals surface area contributed by atoms with Crippen LogP contribution in [0.25, 0.3) is 5.69 Å². The van der Waals surface area contributed by atoms with Crippen molar-refractivity contribution in [2.45, 2.75) is 26.8 Å². The maximum Gasteiger partial charge on any atom is 0.303 e. The Labute approximate surface area is 144 Å². The van der Waals surface area contributed by atoms with Gasteiger partial charge in [0.1, 0.15) is 17.1 Å². The number of nitrogens with zero attached hydrogens (tertiary/aromatic N) is 5. The summed E-state index contributed by atoms with van der Waals surface area (Å²) in [6.07, 6.45) is 1.64. The predicted molar refractivity (Wildman–Crippen MR) is 90.9 cm³/mol. The molecule has 3 aromatic rings. The van der Waals surface area contributed by atoms with Crippen LogP contribution in [0.15, 0.2) is 53.7 Å². The molecule has 1 aromatic carbocycles. The van der Waals surface area contributed by atoms with Crippen LogP contribution in [0, 0.1) is 12.7 Å². The standard InChI is InChI=1S/C18H18FN5O/c1-12(2)20-16-6-4-5-11-23(16)18(25)17-21-13(3)24(22-17)15-9-7-14(19)8-10-15/h4-12H,1-3H3. The van der Waals surface area contributed by atoms with E-state index in [1.807, 2.05) is 19.9 Å². The van der Waals surface area contributed by atoms with Crippen molar-refractivity contribution in [3.05, 3.63) is 71.6 Å². The van der Waals surface area contributed by atoms with Gasteiger partial charge in [0.05, 0.1) is 5.69 Å². The number of aromatic nitrogens is 4. The van der Waals surface area contributed by atoms with Crippen LogP contribution in [-0.4, -0.2) is 31.3 Å². The summed E-state index contributed by atoms with van der Waals surface area (Å²) in [5.74, 6) is -0.117. The maximum atomic E-state index is 13.1. The first-order valence-corrected chi connectivity index (χ1v) is 7.91. The molecule has 0 aliphatic carbocycles. The summed E-state index contributed by atoms with van der Waals surface area (Å²) in [6, 6.07) is 11.2. The van der Waals surface area contributed by atoms with E-state index < -0.39 is 0 Å². The van der Waals surface area contributed by atoms with Gasteiger partial charge in [0, 0.05) is 12.2 Å². The van der Waals surface area contributed by atoms with Crippen LogP contribution in [0.1, 0.15) is 30.3 Å². The Hall–Kier alpha value is -3.09. The summed E-state index contributed by atoms with van der Waals surface area (Å²) in [4.78, 5) is 21.5. The third-order valence-electron chi connectivity index (χ3n) is 3.48. The van der Waals surface area contributed by atoms with Crippen molar-refractivity contribution < 1.29 is 9.18 Å². The van der Waals surface area contributed by atoms with Crippen LogP contribution in [0.3, 0.4) is 0 Å². The van der Waals surface area contributed by atoms with E-state index >= 15 is 0 Å². The minimum absolute atomic E-state index is 0.0490. The van der Waals surface area contributed by atoms with Gasteiger partial charge in [-0.1, -0.05) is 6.07 Å². The molecule has 0 aliphatic rings. The van der Waals surface area contributed by atoms with Gasteiger partial charge in [-0.3, -0.25) is 14.4 Å². The number of pyridine rings is 1. The molecule has 0 radical (unpaired) electrons. The van der Waals surface area contributed by atoms with Gasteiger partial charge in [-0.05, 0) is 57.2 Å². The van der Waals surface area contributed by atoms with Gasteiger partial charge in [0.2, 0.25) is 5.82 Å². The molecule has 0 atom stereocenters. The van der Waals surface area contributed by atoms with E-state index in [1.54, 1.807) is 37.4 Å². The zero-order chi connectivity index (χ0) is 18.0. The molecule has 25 heavy (non-hydrogen) atoms. The molecule has 0 spiro atoms. The van der Waals surface area contributed by atoms with Crippen LogP contribution in [0.5, 0.6) is 0 Å². The Morgan fingerprint density at radius 2 is 1.88 bits per heavy atom. The summed E-state index contributed by atoms with van der Waals surface area (Å²) >= 11 is 0. The van der Waals surface area contributed by atoms with Gasteiger partial charge < -0.3 is 0 Å². The molecule has 0 fully saturated rings. The third-order valence-corrected chi connectivity index (χ3v) is 3.48. The van der Waals surface area contributed by atoms with Crippen molar-refractivity contribution in [1.82, 2.24) is 19.3 Å². The largest absolute Gasteiger partial charge is 0.303 e. The van der Waals surface area contributed by atoms with Crippen LogP contribution < -0.4 is 5.49 Å². The minimum atomic E-state index is -0.371. The molecular weight excluding hydrogens is 321 g/mol. The lowest BCUT2D eigenvalue weighted by Crippen LogP contribution is -2.29. The molecule has 0 saturated carbocycles. The lowest BCUT2D eigenvalue weighted by Gasteiger charge is -2.04. The molecule has 0 aliphatic heterocycles. The fourth-order valence-electron chi connectivity index (χ4n) is 2.39. The third kappa shape index (κ3) is 3.55. The summed E-state index contributed by atoms with van der Waals surface area (Å²) in [7, 11) is 0. The van der Waals surface area contributed by atoms with E-state index in [4.69, 9.17) is 0 Å². The molecule has 2 heterocycles. The van der Waals surface area contributed by atoms with Crippen molar-refractivity contribution in [3.63, 3.8) is 0 Å². The fraction of sp³-hybridized carbons (Fsp3) is 0.222. The summed E-state index contributed by atoms with van der Waals surface area (Å²) in [6.45, 7) is 5.61. The second kappa shape index (κ2) is 6.80. The lowest BCUT2D eigenvalue weighted by molar-refractivity contribution is 0.0944. The van der Waals surface area contributed by atoms with Gasteiger partial charge in [0.15, 0.2) is 0 Å². The number of benzene rings is 1. The molecule has 2 aromatic heterocycles. The number of carbonyl (C=O) groups excluding carboxylic acids is 1. The fourth-order valence-corrected chi connectivity index (χ4v) is 2.39. The molecule has 0 amide bonds. The first kappa shape index (κ1) is 16.8. The highest BCUT2D eigenvalue weighted by atomic mass is 19.1. The Morgan fingerprint density at radius 1 is 1.16 bits per heavy atom. The van der Waals surface area contributed by atoms with E-state index in [2.05, 4.69) is 15.1 Å². The second-order valence-electron chi connectivity index (χ2n) is 5.83. The maximum absolute atomic E-state index is 13.1. The number of carbonyl (C=O) groups is 1. The van der Waals surface area contributed by atoms with Gasteiger partial charge in [-0.25, -0.2) is 14.1 Å². The summed E-state index contributed by atoms with van der Waals surface area (Å²) in [5, 5.41) is 4.28. The molecule has 0 bridgehead atoms. The van der Waals surface area contributed by atoms with Crippen molar-refractivity contribution >= 4 is 5.91 Å². The predicted octanol–water partition coefficient (Wildman–Crippen LogP) is 2.51. The molecule has 0 saturated heterocycles.